The minimum Gasteiger partial charge on any atom is -0.493 e. The highest BCUT2D eigenvalue weighted by atomic mass is 32.1. The summed E-state index contributed by atoms with van der Waals surface area (Å²) in [6.07, 6.45) is 1.70. The van der Waals surface area contributed by atoms with Crippen molar-refractivity contribution in [3.63, 3.8) is 0 Å². The molecule has 0 saturated heterocycles. The third-order valence-electron chi connectivity index (χ3n) is 4.03. The molecule has 4 aromatic rings. The van der Waals surface area contributed by atoms with Crippen LogP contribution in [0.4, 0.5) is 0 Å². The molecule has 2 heterocycles. The van der Waals surface area contributed by atoms with Gasteiger partial charge in [0.1, 0.15) is 0 Å². The molecule has 0 unspecified atom stereocenters. The Kier molecular flexibility index (Phi) is 5.44. The van der Waals surface area contributed by atoms with E-state index in [4.69, 9.17) is 9.47 Å². The molecule has 7 nitrogen and oxygen atoms in total. The Bertz CT molecular complexity index is 1140. The summed E-state index contributed by atoms with van der Waals surface area (Å²) in [6.45, 7) is 0. The van der Waals surface area contributed by atoms with Gasteiger partial charge in [-0.05, 0) is 40.1 Å². The van der Waals surface area contributed by atoms with Crippen molar-refractivity contribution >= 4 is 29.1 Å². The minimum absolute atomic E-state index is 0.183. The molecule has 8 heteroatoms. The van der Waals surface area contributed by atoms with Gasteiger partial charge in [-0.25, -0.2) is 4.79 Å². The Labute approximate surface area is 170 Å². The zero-order chi connectivity index (χ0) is 20.1. The fourth-order valence-electron chi connectivity index (χ4n) is 2.69. The van der Waals surface area contributed by atoms with Crippen LogP contribution in [0.5, 0.6) is 11.5 Å². The lowest BCUT2D eigenvalue weighted by Gasteiger charge is -2.11. The first-order valence-electron chi connectivity index (χ1n) is 8.71. The summed E-state index contributed by atoms with van der Waals surface area (Å²) in [5.74, 6) is 0.598. The quantitative estimate of drug-likeness (QED) is 0.274. The number of ether oxygens (including phenoxy) is 2. The SMILES string of the molecule is COc1ccccc1OC(=O)/C(=C/c1cccs1)n1nnnc1-c1ccccc1. The molecule has 0 amide bonds. The second kappa shape index (κ2) is 8.49. The van der Waals surface area contributed by atoms with E-state index in [0.717, 1.165) is 10.4 Å². The minimum atomic E-state index is -0.604. The monoisotopic (exact) mass is 404 g/mol. The highest BCUT2D eigenvalue weighted by molar-refractivity contribution is 7.10. The van der Waals surface area contributed by atoms with Gasteiger partial charge in [0.15, 0.2) is 23.0 Å². The maximum absolute atomic E-state index is 13.1. The zero-order valence-electron chi connectivity index (χ0n) is 15.4. The molecule has 0 saturated carbocycles. The van der Waals surface area contributed by atoms with Crippen molar-refractivity contribution in [1.82, 2.24) is 20.2 Å². The molecule has 0 radical (unpaired) electrons. The van der Waals surface area contributed by atoms with Crippen LogP contribution in [0.3, 0.4) is 0 Å². The van der Waals surface area contributed by atoms with Crippen molar-refractivity contribution in [2.24, 2.45) is 0 Å². The molecule has 144 valence electrons. The molecule has 0 spiro atoms. The summed E-state index contributed by atoms with van der Waals surface area (Å²) in [5.41, 5.74) is 0.960. The van der Waals surface area contributed by atoms with Crippen LogP contribution in [-0.2, 0) is 4.79 Å². The van der Waals surface area contributed by atoms with Gasteiger partial charge in [-0.15, -0.1) is 16.4 Å². The van der Waals surface area contributed by atoms with Crippen LogP contribution in [0.15, 0.2) is 72.1 Å². The van der Waals surface area contributed by atoms with Crippen molar-refractivity contribution in [1.29, 1.82) is 0 Å². The van der Waals surface area contributed by atoms with E-state index >= 15 is 0 Å². The lowest BCUT2D eigenvalue weighted by atomic mass is 10.2. The average Bonchev–Trinajstić information content (AvgIpc) is 3.45. The second-order valence-electron chi connectivity index (χ2n) is 5.87. The van der Waals surface area contributed by atoms with E-state index in [0.29, 0.717) is 17.3 Å². The molecule has 4 rings (SSSR count). The van der Waals surface area contributed by atoms with Gasteiger partial charge in [0.25, 0.3) is 0 Å². The van der Waals surface area contributed by atoms with Crippen LogP contribution in [0.1, 0.15) is 4.88 Å². The highest BCUT2D eigenvalue weighted by Crippen LogP contribution is 2.28. The maximum atomic E-state index is 13.1. The average molecular weight is 404 g/mol. The summed E-state index contributed by atoms with van der Waals surface area (Å²) in [4.78, 5) is 14.0. The van der Waals surface area contributed by atoms with Gasteiger partial charge in [-0.3, -0.25) is 0 Å². The van der Waals surface area contributed by atoms with Crippen LogP contribution < -0.4 is 9.47 Å². The van der Waals surface area contributed by atoms with Gasteiger partial charge in [-0.1, -0.05) is 48.5 Å². The van der Waals surface area contributed by atoms with Gasteiger partial charge >= 0.3 is 5.97 Å². The number of para-hydroxylation sites is 2. The largest absolute Gasteiger partial charge is 0.493 e. The Morgan fingerprint density at radius 1 is 1.00 bits per heavy atom. The van der Waals surface area contributed by atoms with E-state index in [2.05, 4.69) is 15.5 Å². The number of thiophene rings is 1. The fraction of sp³-hybridized carbons (Fsp3) is 0.0476. The molecule has 0 N–H and O–H groups in total. The molecule has 29 heavy (non-hydrogen) atoms. The van der Waals surface area contributed by atoms with Crippen molar-refractivity contribution in [2.75, 3.05) is 7.11 Å². The van der Waals surface area contributed by atoms with Gasteiger partial charge < -0.3 is 9.47 Å². The van der Waals surface area contributed by atoms with Crippen LogP contribution in [0.2, 0.25) is 0 Å². The maximum Gasteiger partial charge on any atom is 0.362 e. The summed E-state index contributed by atoms with van der Waals surface area (Å²) < 4.78 is 12.3. The Balaban J connectivity index is 1.76. The number of tetrazole rings is 1. The van der Waals surface area contributed by atoms with Crippen LogP contribution >= 0.6 is 11.3 Å². The molecule has 2 aromatic carbocycles. The number of benzene rings is 2. The van der Waals surface area contributed by atoms with E-state index in [1.807, 2.05) is 47.8 Å². The number of carbonyl (C=O) groups is 1. The number of carbonyl (C=O) groups excluding carboxylic acids is 1. The standard InChI is InChI=1S/C21H16N4O3S/c1-27-18-11-5-6-12-19(18)28-21(26)17(14-16-10-7-13-29-16)25-20(22-23-24-25)15-8-3-2-4-9-15/h2-14H,1H3/b17-14-. The molecule has 0 aliphatic heterocycles. The van der Waals surface area contributed by atoms with Crippen molar-refractivity contribution in [2.45, 2.75) is 0 Å². The predicted octanol–water partition coefficient (Wildman–Crippen LogP) is 4.01. The normalized spacial score (nSPS) is 11.3. The topological polar surface area (TPSA) is 79.1 Å². The van der Waals surface area contributed by atoms with Crippen molar-refractivity contribution in [3.05, 3.63) is 77.0 Å². The first-order valence-corrected chi connectivity index (χ1v) is 9.59. The molecule has 2 aromatic heterocycles. The van der Waals surface area contributed by atoms with Crippen LogP contribution in [-0.4, -0.2) is 33.3 Å². The first kappa shape index (κ1) is 18.6. The number of aromatic nitrogens is 4. The van der Waals surface area contributed by atoms with E-state index in [1.54, 1.807) is 30.3 Å². The Morgan fingerprint density at radius 3 is 2.48 bits per heavy atom. The highest BCUT2D eigenvalue weighted by Gasteiger charge is 2.22. The number of nitrogens with zero attached hydrogens (tertiary/aromatic N) is 4. The summed E-state index contributed by atoms with van der Waals surface area (Å²) in [6, 6.07) is 20.1. The van der Waals surface area contributed by atoms with Gasteiger partial charge in [-0.2, -0.15) is 4.68 Å². The van der Waals surface area contributed by atoms with E-state index in [-0.39, 0.29) is 5.70 Å². The summed E-state index contributed by atoms with van der Waals surface area (Å²) >= 11 is 1.49. The zero-order valence-corrected chi connectivity index (χ0v) is 16.2. The molecule has 0 aliphatic rings. The van der Waals surface area contributed by atoms with Crippen molar-refractivity contribution < 1.29 is 14.3 Å². The smallest absolute Gasteiger partial charge is 0.362 e. The third kappa shape index (κ3) is 4.07. The molecule has 0 atom stereocenters. The van der Waals surface area contributed by atoms with Crippen LogP contribution in [0, 0.1) is 0 Å². The molecule has 0 bridgehead atoms. The lowest BCUT2D eigenvalue weighted by molar-refractivity contribution is -0.128. The molecule has 0 aliphatic carbocycles. The predicted molar refractivity (Wildman–Crippen MR) is 110 cm³/mol. The molecular weight excluding hydrogens is 388 g/mol. The fourth-order valence-corrected chi connectivity index (χ4v) is 3.34. The Morgan fingerprint density at radius 2 is 1.76 bits per heavy atom. The van der Waals surface area contributed by atoms with E-state index in [9.17, 15) is 4.79 Å². The van der Waals surface area contributed by atoms with Gasteiger partial charge in [0, 0.05) is 10.4 Å². The first-order chi connectivity index (χ1) is 14.3. The van der Waals surface area contributed by atoms with E-state index < -0.39 is 5.97 Å². The van der Waals surface area contributed by atoms with Crippen LogP contribution in [0.25, 0.3) is 23.2 Å². The summed E-state index contributed by atoms with van der Waals surface area (Å²) in [7, 11) is 1.52. The number of esters is 1. The Hall–Kier alpha value is -3.78. The van der Waals surface area contributed by atoms with Crippen molar-refractivity contribution in [3.8, 4) is 22.9 Å². The number of rotatable bonds is 6. The van der Waals surface area contributed by atoms with Gasteiger partial charge in [0.05, 0.1) is 7.11 Å². The van der Waals surface area contributed by atoms with E-state index in [1.165, 1.54) is 23.1 Å². The number of hydrogen-bond acceptors (Lipinski definition) is 7. The lowest BCUT2D eigenvalue weighted by Crippen LogP contribution is -2.17. The summed E-state index contributed by atoms with van der Waals surface area (Å²) in [5, 5.41) is 13.8. The molecule has 0 fully saturated rings. The second-order valence-corrected chi connectivity index (χ2v) is 6.84. The third-order valence-corrected chi connectivity index (χ3v) is 4.85. The van der Waals surface area contributed by atoms with Gasteiger partial charge in [0.2, 0.25) is 0 Å². The number of hydrogen-bond donors (Lipinski definition) is 0. The number of methoxy groups -OCH3 is 1. The molecular formula is C21H16N4O3S.